The Labute approximate surface area is 176 Å². The molecule has 1 atom stereocenters. The largest absolute Gasteiger partial charge is 0.381 e. The molecule has 0 aliphatic carbocycles. The maximum Gasteiger partial charge on any atom is 0.337 e. The highest BCUT2D eigenvalue weighted by Crippen LogP contribution is 2.23. The van der Waals surface area contributed by atoms with E-state index in [0.717, 1.165) is 18.4 Å². The van der Waals surface area contributed by atoms with E-state index < -0.39 is 12.1 Å². The summed E-state index contributed by atoms with van der Waals surface area (Å²) >= 11 is 0. The van der Waals surface area contributed by atoms with Gasteiger partial charge in [-0.1, -0.05) is 32.9 Å². The molecule has 1 aromatic carbocycles. The quantitative estimate of drug-likeness (QED) is 0.782. The first-order valence-corrected chi connectivity index (χ1v) is 10.5. The average Bonchev–Trinajstić information content (AvgIpc) is 2.99. The van der Waals surface area contributed by atoms with Gasteiger partial charge in [0, 0.05) is 39.3 Å². The Morgan fingerprint density at radius 1 is 1.17 bits per heavy atom. The number of nitrogens with zero attached hydrogens (tertiary/aromatic N) is 2. The summed E-state index contributed by atoms with van der Waals surface area (Å²) in [6.45, 7) is 7.83. The summed E-state index contributed by atoms with van der Waals surface area (Å²) in [6.07, 6.45) is 1.94. The molecular weight excluding hydrogens is 384 g/mol. The third-order valence-corrected chi connectivity index (χ3v) is 5.83. The zero-order valence-corrected chi connectivity index (χ0v) is 18.2. The predicted octanol–water partition coefficient (Wildman–Crippen LogP) is 2.34. The molecule has 0 spiro atoms. The van der Waals surface area contributed by atoms with Crippen molar-refractivity contribution in [2.45, 2.75) is 52.6 Å². The van der Waals surface area contributed by atoms with Crippen LogP contribution in [-0.4, -0.2) is 47.4 Å². The molecule has 2 aromatic rings. The Hall–Kier alpha value is -2.61. The van der Waals surface area contributed by atoms with Crippen LogP contribution in [0.5, 0.6) is 0 Å². The van der Waals surface area contributed by atoms with Crippen molar-refractivity contribution >= 4 is 23.0 Å². The molecule has 1 aromatic heterocycles. The summed E-state index contributed by atoms with van der Waals surface area (Å²) < 4.78 is 8.31. The molecule has 8 nitrogen and oxygen atoms in total. The maximum absolute atomic E-state index is 13.3. The van der Waals surface area contributed by atoms with Crippen molar-refractivity contribution in [3.63, 3.8) is 0 Å². The Morgan fingerprint density at radius 3 is 2.40 bits per heavy atom. The van der Waals surface area contributed by atoms with Gasteiger partial charge in [0.1, 0.15) is 0 Å². The van der Waals surface area contributed by atoms with Crippen LogP contribution >= 0.6 is 0 Å². The Kier molecular flexibility index (Phi) is 6.65. The van der Waals surface area contributed by atoms with Gasteiger partial charge in [-0.3, -0.25) is 9.36 Å². The summed E-state index contributed by atoms with van der Waals surface area (Å²) in [6, 6.07) is 6.40. The standard InChI is InChI=1S/C22H32N4O4/c1-22(2,3)18(13-19(27)23-4)24-20(28)26-17-8-6-5-7-16(17)25(21(26)29)14-15-9-11-30-12-10-15/h5-8,15,18H,9-14H2,1-4H3,(H,23,27)(H,24,28)/t18-/m1/s1. The molecule has 8 heteroatoms. The van der Waals surface area contributed by atoms with Crippen molar-refractivity contribution < 1.29 is 14.3 Å². The Balaban J connectivity index is 1.94. The van der Waals surface area contributed by atoms with Gasteiger partial charge in [-0.2, -0.15) is 0 Å². The van der Waals surface area contributed by atoms with Crippen molar-refractivity contribution in [2.75, 3.05) is 20.3 Å². The van der Waals surface area contributed by atoms with Gasteiger partial charge in [0.25, 0.3) is 0 Å². The number of para-hydroxylation sites is 2. The molecule has 1 fully saturated rings. The van der Waals surface area contributed by atoms with E-state index in [0.29, 0.717) is 31.2 Å². The lowest BCUT2D eigenvalue weighted by molar-refractivity contribution is -0.121. The molecular formula is C22H32N4O4. The molecule has 0 unspecified atom stereocenters. The predicted molar refractivity (Wildman–Crippen MR) is 116 cm³/mol. The number of ether oxygens (including phenoxy) is 1. The minimum absolute atomic E-state index is 0.140. The number of carbonyl (C=O) groups is 2. The highest BCUT2D eigenvalue weighted by molar-refractivity contribution is 5.90. The van der Waals surface area contributed by atoms with Crippen LogP contribution in [0.3, 0.4) is 0 Å². The summed E-state index contributed by atoms with van der Waals surface area (Å²) in [5.74, 6) is 0.179. The van der Waals surface area contributed by atoms with Gasteiger partial charge in [-0.15, -0.1) is 0 Å². The van der Waals surface area contributed by atoms with Gasteiger partial charge in [-0.25, -0.2) is 14.2 Å². The normalized spacial score (nSPS) is 16.4. The molecule has 30 heavy (non-hydrogen) atoms. The SMILES string of the molecule is CNC(=O)C[C@@H](NC(=O)n1c(=O)n(CC2CCOCC2)c2ccccc21)C(C)(C)C. The third kappa shape index (κ3) is 4.75. The first-order chi connectivity index (χ1) is 14.2. The summed E-state index contributed by atoms with van der Waals surface area (Å²) in [5.41, 5.74) is 0.599. The van der Waals surface area contributed by atoms with Gasteiger partial charge >= 0.3 is 11.7 Å². The van der Waals surface area contributed by atoms with E-state index >= 15 is 0 Å². The van der Waals surface area contributed by atoms with E-state index in [1.165, 1.54) is 4.57 Å². The van der Waals surface area contributed by atoms with Gasteiger partial charge in [0.05, 0.1) is 11.0 Å². The molecule has 164 valence electrons. The van der Waals surface area contributed by atoms with Crippen LogP contribution in [0.1, 0.15) is 40.0 Å². The zero-order chi connectivity index (χ0) is 21.9. The molecule has 1 aliphatic heterocycles. The molecule has 3 rings (SSSR count). The van der Waals surface area contributed by atoms with Gasteiger partial charge < -0.3 is 15.4 Å². The molecule has 1 saturated heterocycles. The smallest absolute Gasteiger partial charge is 0.337 e. The molecule has 1 aliphatic rings. The molecule has 2 heterocycles. The fourth-order valence-electron chi connectivity index (χ4n) is 3.84. The lowest BCUT2D eigenvalue weighted by Gasteiger charge is -2.30. The number of hydrogen-bond donors (Lipinski definition) is 2. The average molecular weight is 417 g/mol. The lowest BCUT2D eigenvalue weighted by Crippen LogP contribution is -2.49. The van der Waals surface area contributed by atoms with Crippen LogP contribution in [0.15, 0.2) is 29.1 Å². The van der Waals surface area contributed by atoms with Crippen LogP contribution in [-0.2, 0) is 16.1 Å². The van der Waals surface area contributed by atoms with E-state index in [1.54, 1.807) is 17.7 Å². The zero-order valence-electron chi connectivity index (χ0n) is 18.2. The second-order valence-corrected chi connectivity index (χ2v) is 9.02. The molecule has 2 N–H and O–H groups in total. The van der Waals surface area contributed by atoms with Crippen molar-refractivity contribution in [2.24, 2.45) is 11.3 Å². The minimum Gasteiger partial charge on any atom is -0.381 e. The van der Waals surface area contributed by atoms with E-state index in [2.05, 4.69) is 10.6 Å². The van der Waals surface area contributed by atoms with E-state index in [-0.39, 0.29) is 23.4 Å². The third-order valence-electron chi connectivity index (χ3n) is 5.83. The van der Waals surface area contributed by atoms with Crippen LogP contribution in [0, 0.1) is 11.3 Å². The number of fused-ring (bicyclic) bond motifs is 1. The number of imidazole rings is 1. The van der Waals surface area contributed by atoms with Crippen LogP contribution in [0.2, 0.25) is 0 Å². The van der Waals surface area contributed by atoms with E-state index in [1.807, 2.05) is 39.0 Å². The second-order valence-electron chi connectivity index (χ2n) is 9.02. The number of hydrogen-bond acceptors (Lipinski definition) is 4. The van der Waals surface area contributed by atoms with E-state index in [9.17, 15) is 14.4 Å². The second kappa shape index (κ2) is 9.04. The fraction of sp³-hybridized carbons (Fsp3) is 0.591. The number of amides is 2. The summed E-state index contributed by atoms with van der Waals surface area (Å²) in [5, 5.41) is 5.52. The monoisotopic (exact) mass is 416 g/mol. The first kappa shape index (κ1) is 22.1. The number of aromatic nitrogens is 2. The van der Waals surface area contributed by atoms with E-state index in [4.69, 9.17) is 4.74 Å². The van der Waals surface area contributed by atoms with Crippen LogP contribution in [0.25, 0.3) is 11.0 Å². The van der Waals surface area contributed by atoms with Crippen molar-refractivity contribution in [3.8, 4) is 0 Å². The molecule has 0 radical (unpaired) electrons. The van der Waals surface area contributed by atoms with Crippen molar-refractivity contribution in [3.05, 3.63) is 34.7 Å². The van der Waals surface area contributed by atoms with Gasteiger partial charge in [-0.05, 0) is 36.3 Å². The van der Waals surface area contributed by atoms with Gasteiger partial charge in [0.15, 0.2) is 0 Å². The number of carbonyl (C=O) groups excluding carboxylic acids is 2. The lowest BCUT2D eigenvalue weighted by atomic mass is 9.84. The molecule has 0 bridgehead atoms. The Morgan fingerprint density at radius 2 is 1.80 bits per heavy atom. The fourth-order valence-corrected chi connectivity index (χ4v) is 3.84. The number of benzene rings is 1. The van der Waals surface area contributed by atoms with Crippen LogP contribution < -0.4 is 16.3 Å². The number of rotatable bonds is 5. The Bertz CT molecular complexity index is 964. The summed E-state index contributed by atoms with van der Waals surface area (Å²) in [7, 11) is 1.57. The summed E-state index contributed by atoms with van der Waals surface area (Å²) in [4.78, 5) is 38.4. The highest BCUT2D eigenvalue weighted by Gasteiger charge is 2.30. The molecule has 0 saturated carbocycles. The van der Waals surface area contributed by atoms with Crippen molar-refractivity contribution in [1.29, 1.82) is 0 Å². The van der Waals surface area contributed by atoms with Crippen LogP contribution in [0.4, 0.5) is 4.79 Å². The topological polar surface area (TPSA) is 94.4 Å². The first-order valence-electron chi connectivity index (χ1n) is 10.5. The maximum atomic E-state index is 13.3. The minimum atomic E-state index is -0.509. The molecule has 2 amide bonds. The van der Waals surface area contributed by atoms with Crippen molar-refractivity contribution in [1.82, 2.24) is 19.8 Å². The van der Waals surface area contributed by atoms with Gasteiger partial charge in [0.2, 0.25) is 5.91 Å². The highest BCUT2D eigenvalue weighted by atomic mass is 16.5. The number of nitrogens with one attached hydrogen (secondary N) is 2.